The van der Waals surface area contributed by atoms with E-state index in [1.165, 1.54) is 6.92 Å². The van der Waals surface area contributed by atoms with Crippen molar-refractivity contribution in [2.45, 2.75) is 13.0 Å². The van der Waals surface area contributed by atoms with Gasteiger partial charge in [-0.15, -0.1) is 0 Å². The fourth-order valence-electron chi connectivity index (χ4n) is 2.23. The molecule has 144 valence electrons. The summed E-state index contributed by atoms with van der Waals surface area (Å²) in [5.41, 5.74) is 1.21. The molecule has 0 aliphatic carbocycles. The Kier molecular flexibility index (Phi) is 12.1. The average Bonchev–Trinajstić information content (AvgIpc) is 2.61. The largest absolute Gasteiger partial charge is 1.00 e. The number of ether oxygens (including phenoxy) is 2. The molecule has 2 rings (SSSR count). The van der Waals surface area contributed by atoms with Crippen LogP contribution in [0.25, 0.3) is 0 Å². The summed E-state index contributed by atoms with van der Waals surface area (Å²) >= 11 is 6.42. The summed E-state index contributed by atoms with van der Waals surface area (Å²) in [7, 11) is 0. The van der Waals surface area contributed by atoms with E-state index in [4.69, 9.17) is 9.47 Å². The molecule has 2 aromatic carbocycles. The first-order chi connectivity index (χ1) is 12.8. The molecule has 0 saturated heterocycles. The molecule has 0 spiro atoms. The Labute approximate surface area is 226 Å². The number of benzene rings is 2. The molecule has 28 heavy (non-hydrogen) atoms. The van der Waals surface area contributed by atoms with Crippen molar-refractivity contribution in [2.24, 2.45) is 0 Å². The van der Waals surface area contributed by atoms with Gasteiger partial charge in [0, 0.05) is 10.5 Å². The maximum Gasteiger partial charge on any atom is 1.00 e. The number of carboxylic acids is 1. The van der Waals surface area contributed by atoms with E-state index < -0.39 is 12.1 Å². The first-order valence-corrected chi connectivity index (χ1v) is 11.0. The average molecular weight is 729 g/mol. The maximum atomic E-state index is 11.4. The molecule has 0 fully saturated rings. The summed E-state index contributed by atoms with van der Waals surface area (Å²) in [4.78, 5) is 22.7. The van der Waals surface area contributed by atoms with Crippen molar-refractivity contribution >= 4 is 85.3 Å². The van der Waals surface area contributed by atoms with E-state index in [1.807, 2.05) is 6.07 Å². The second-order valence-corrected chi connectivity index (χ2v) is 8.77. The summed E-state index contributed by atoms with van der Waals surface area (Å²) in [5.74, 6) is -0.845. The van der Waals surface area contributed by atoms with E-state index in [2.05, 4.69) is 73.1 Å². The molecular formula is C18H15I3NNaO5. The van der Waals surface area contributed by atoms with E-state index in [9.17, 15) is 14.7 Å². The second kappa shape index (κ2) is 12.9. The molecule has 0 saturated carbocycles. The van der Waals surface area contributed by atoms with Crippen molar-refractivity contribution in [2.75, 3.05) is 18.5 Å². The van der Waals surface area contributed by atoms with Gasteiger partial charge < -0.3 is 24.7 Å². The zero-order chi connectivity index (χ0) is 20.0. The van der Waals surface area contributed by atoms with Gasteiger partial charge in [-0.25, -0.2) is 0 Å². The van der Waals surface area contributed by atoms with Gasteiger partial charge in [0.1, 0.15) is 18.5 Å². The Balaban J connectivity index is 0.00000392. The fraction of sp³-hybridized carbons (Fsp3) is 0.222. The van der Waals surface area contributed by atoms with Crippen molar-refractivity contribution in [3.05, 3.63) is 52.7 Å². The number of nitrogens with one attached hydrogen (secondary N) is 1. The molecule has 2 aromatic rings. The molecule has 10 heteroatoms. The van der Waals surface area contributed by atoms with Crippen LogP contribution in [0.15, 0.2) is 36.4 Å². The van der Waals surface area contributed by atoms with Crippen LogP contribution in [-0.4, -0.2) is 25.1 Å². The van der Waals surface area contributed by atoms with E-state index in [0.717, 1.165) is 10.7 Å². The summed E-state index contributed by atoms with van der Waals surface area (Å²) < 4.78 is 13.8. The van der Waals surface area contributed by atoms with Gasteiger partial charge in [0.2, 0.25) is 5.91 Å². The van der Waals surface area contributed by atoms with Crippen LogP contribution in [0.1, 0.15) is 18.6 Å². The van der Waals surface area contributed by atoms with Crippen molar-refractivity contribution in [1.82, 2.24) is 0 Å². The molecule has 0 bridgehead atoms. The van der Waals surface area contributed by atoms with Crippen molar-refractivity contribution in [3.63, 3.8) is 0 Å². The molecule has 0 aliphatic heterocycles. The van der Waals surface area contributed by atoms with E-state index in [0.29, 0.717) is 17.0 Å². The number of carbonyl (C=O) groups excluding carboxylic acids is 2. The minimum absolute atomic E-state index is 0. The summed E-state index contributed by atoms with van der Waals surface area (Å²) in [5, 5.41) is 14.1. The van der Waals surface area contributed by atoms with Crippen molar-refractivity contribution in [1.29, 1.82) is 0 Å². The Hall–Kier alpha value is 0.330. The number of carboxylic acid groups (broad SMARTS) is 1. The van der Waals surface area contributed by atoms with Crippen LogP contribution in [0.3, 0.4) is 0 Å². The van der Waals surface area contributed by atoms with E-state index >= 15 is 0 Å². The topological polar surface area (TPSA) is 87.7 Å². The third-order valence-electron chi connectivity index (χ3n) is 3.36. The summed E-state index contributed by atoms with van der Waals surface area (Å²) in [6, 6.07) is 10.5. The number of anilines is 1. The third-order valence-corrected chi connectivity index (χ3v) is 6.04. The Morgan fingerprint density at radius 1 is 1.11 bits per heavy atom. The quantitative estimate of drug-likeness (QED) is 0.241. The van der Waals surface area contributed by atoms with E-state index in [-0.39, 0.29) is 48.7 Å². The van der Waals surface area contributed by atoms with Crippen LogP contribution in [0, 0.1) is 10.7 Å². The zero-order valence-electron chi connectivity index (χ0n) is 15.1. The minimum atomic E-state index is -1.30. The van der Waals surface area contributed by atoms with Crippen LogP contribution in [-0.2, 0) is 14.3 Å². The van der Waals surface area contributed by atoms with Gasteiger partial charge in [0.25, 0.3) is 0 Å². The number of carbonyl (C=O) groups is 2. The van der Waals surface area contributed by atoms with Crippen LogP contribution in [0.5, 0.6) is 5.75 Å². The number of hydrogen-bond donors (Lipinski definition) is 1. The predicted molar refractivity (Wildman–Crippen MR) is 125 cm³/mol. The van der Waals surface area contributed by atoms with Crippen LogP contribution >= 0.6 is 67.8 Å². The smallest absolute Gasteiger partial charge is 0.547 e. The summed E-state index contributed by atoms with van der Waals surface area (Å²) in [6.07, 6.45) is -1.15. The standard InChI is InChI=1S/C18H16I3NO5.Na/c1-10(23)22-15-12(19)9-13(20)17(14(15)21)27-8-7-26-16(18(24)25)11-5-3-2-4-6-11;/h2-6,9,16H,7-8H2,1H3,(H,22,23)(H,24,25);/q;+1/p-1. The monoisotopic (exact) mass is 729 g/mol. The van der Waals surface area contributed by atoms with Crippen LogP contribution < -0.4 is 44.7 Å². The predicted octanol–water partition coefficient (Wildman–Crippen LogP) is 0.349. The fourth-order valence-corrected chi connectivity index (χ4v) is 6.19. The molecule has 1 atom stereocenters. The molecule has 6 nitrogen and oxygen atoms in total. The van der Waals surface area contributed by atoms with Crippen molar-refractivity contribution in [3.8, 4) is 5.75 Å². The SMILES string of the molecule is CC(=O)Nc1c(I)cc(I)c(OCCOC(C(=O)[O-])c2ccccc2)c1I.[Na+]. The number of halogens is 3. The van der Waals surface area contributed by atoms with Gasteiger partial charge in [-0.05, 0) is 79.4 Å². The number of aliphatic carboxylic acids is 1. The minimum Gasteiger partial charge on any atom is -0.547 e. The first kappa shape index (κ1) is 26.4. The third kappa shape index (κ3) is 7.54. The molecule has 0 radical (unpaired) electrons. The second-order valence-electron chi connectivity index (χ2n) is 5.37. The number of rotatable bonds is 8. The van der Waals surface area contributed by atoms with Gasteiger partial charge in [-0.1, -0.05) is 30.3 Å². The molecule has 1 amide bonds. The molecular weight excluding hydrogens is 714 g/mol. The normalized spacial score (nSPS) is 11.3. The Bertz CT molecular complexity index is 836. The van der Waals surface area contributed by atoms with Crippen LogP contribution in [0.4, 0.5) is 5.69 Å². The Morgan fingerprint density at radius 2 is 1.75 bits per heavy atom. The summed E-state index contributed by atoms with van der Waals surface area (Å²) in [6.45, 7) is 1.67. The Morgan fingerprint density at radius 3 is 2.32 bits per heavy atom. The molecule has 1 unspecified atom stereocenters. The number of hydrogen-bond acceptors (Lipinski definition) is 5. The van der Waals surface area contributed by atoms with E-state index in [1.54, 1.807) is 30.3 Å². The molecule has 1 N–H and O–H groups in total. The van der Waals surface area contributed by atoms with Gasteiger partial charge >= 0.3 is 29.6 Å². The first-order valence-electron chi connectivity index (χ1n) is 7.76. The number of amides is 1. The van der Waals surface area contributed by atoms with Gasteiger partial charge in [-0.3, -0.25) is 4.79 Å². The maximum absolute atomic E-state index is 11.4. The molecule has 0 aromatic heterocycles. The molecule has 0 heterocycles. The van der Waals surface area contributed by atoms with Gasteiger partial charge in [-0.2, -0.15) is 0 Å². The van der Waals surface area contributed by atoms with Crippen LogP contribution in [0.2, 0.25) is 0 Å². The zero-order valence-corrected chi connectivity index (χ0v) is 23.6. The van der Waals surface area contributed by atoms with Gasteiger partial charge in [0.15, 0.2) is 0 Å². The van der Waals surface area contributed by atoms with Crippen molar-refractivity contribution < 1.29 is 53.7 Å². The molecule has 0 aliphatic rings. The van der Waals surface area contributed by atoms with Gasteiger partial charge in [0.05, 0.1) is 25.4 Å².